The summed E-state index contributed by atoms with van der Waals surface area (Å²) in [6.07, 6.45) is 0. The molecule has 1 nitrogen and oxygen atoms in total. The molecule has 0 saturated heterocycles. The van der Waals surface area contributed by atoms with Crippen molar-refractivity contribution in [3.8, 4) is 32.7 Å². The molecule has 0 unspecified atom stereocenters. The van der Waals surface area contributed by atoms with Crippen LogP contribution in [0.5, 0.6) is 0 Å². The van der Waals surface area contributed by atoms with Crippen LogP contribution < -0.4 is 0 Å². The Morgan fingerprint density at radius 2 is 1.00 bits per heavy atom. The minimum absolute atomic E-state index is 0.916. The van der Waals surface area contributed by atoms with Crippen molar-refractivity contribution in [3.05, 3.63) is 158 Å². The van der Waals surface area contributed by atoms with E-state index in [1.807, 2.05) is 11.3 Å². The van der Waals surface area contributed by atoms with Crippen LogP contribution in [0.2, 0.25) is 0 Å². The third-order valence-corrected chi connectivity index (χ3v) is 10.6. The molecule has 2 aromatic heterocycles. The SMILES string of the molecule is c1ccc(-c2cc3c(ccc4c3oc3cccc(-c5c6ccccc6c(-c6cccc7ccccc67)c6ccccc56)c34)s2)cc1. The molecule has 10 aromatic rings. The number of furan rings is 1. The summed E-state index contributed by atoms with van der Waals surface area (Å²) in [6, 6.07) is 57.2. The van der Waals surface area contributed by atoms with Gasteiger partial charge in [0.15, 0.2) is 0 Å². The number of thiophene rings is 1. The molecule has 2 heterocycles. The minimum atomic E-state index is 0.916. The van der Waals surface area contributed by atoms with Gasteiger partial charge >= 0.3 is 0 Å². The van der Waals surface area contributed by atoms with E-state index < -0.39 is 0 Å². The van der Waals surface area contributed by atoms with Crippen molar-refractivity contribution in [2.75, 3.05) is 0 Å². The van der Waals surface area contributed by atoms with Crippen molar-refractivity contribution in [1.82, 2.24) is 0 Å². The van der Waals surface area contributed by atoms with Gasteiger partial charge in [-0.15, -0.1) is 11.3 Å². The quantitative estimate of drug-likeness (QED) is 0.183. The molecule has 0 spiro atoms. The van der Waals surface area contributed by atoms with Crippen molar-refractivity contribution in [1.29, 1.82) is 0 Å². The fraction of sp³-hybridized carbons (Fsp3) is 0. The molecule has 0 amide bonds. The van der Waals surface area contributed by atoms with E-state index in [4.69, 9.17) is 4.42 Å². The van der Waals surface area contributed by atoms with Crippen molar-refractivity contribution < 1.29 is 4.42 Å². The molecule has 0 atom stereocenters. The zero-order valence-electron chi connectivity index (χ0n) is 24.8. The van der Waals surface area contributed by atoms with E-state index in [2.05, 4.69) is 158 Å². The summed E-state index contributed by atoms with van der Waals surface area (Å²) in [5, 5.41) is 11.0. The van der Waals surface area contributed by atoms with Gasteiger partial charge in [0.1, 0.15) is 11.2 Å². The summed E-state index contributed by atoms with van der Waals surface area (Å²) >= 11 is 1.82. The number of rotatable bonds is 3. The molecule has 0 aliphatic heterocycles. The second-order valence-corrected chi connectivity index (χ2v) is 13.1. The van der Waals surface area contributed by atoms with Gasteiger partial charge in [0.25, 0.3) is 0 Å². The van der Waals surface area contributed by atoms with E-state index in [1.165, 1.54) is 80.5 Å². The summed E-state index contributed by atoms with van der Waals surface area (Å²) in [5.41, 5.74) is 8.10. The van der Waals surface area contributed by atoms with Crippen molar-refractivity contribution in [3.63, 3.8) is 0 Å². The third-order valence-electron chi connectivity index (χ3n) is 9.48. The van der Waals surface area contributed by atoms with Gasteiger partial charge in [-0.05, 0) is 84.4 Å². The lowest BCUT2D eigenvalue weighted by molar-refractivity contribution is 0.673. The summed E-state index contributed by atoms with van der Waals surface area (Å²) < 4.78 is 7.99. The number of hydrogen-bond donors (Lipinski definition) is 0. The maximum absolute atomic E-state index is 6.75. The molecule has 10 rings (SSSR count). The lowest BCUT2D eigenvalue weighted by atomic mass is 9.84. The average Bonchev–Trinajstić information content (AvgIpc) is 3.73. The molecule has 0 saturated carbocycles. The first-order valence-corrected chi connectivity index (χ1v) is 16.5. The Morgan fingerprint density at radius 3 is 1.74 bits per heavy atom. The maximum Gasteiger partial charge on any atom is 0.144 e. The molecule has 214 valence electrons. The predicted molar refractivity (Wildman–Crippen MR) is 198 cm³/mol. The van der Waals surface area contributed by atoms with Crippen molar-refractivity contribution in [2.45, 2.75) is 0 Å². The van der Waals surface area contributed by atoms with Gasteiger partial charge in [0, 0.05) is 25.7 Å². The highest BCUT2D eigenvalue weighted by Crippen LogP contribution is 2.49. The third kappa shape index (κ3) is 3.68. The highest BCUT2D eigenvalue weighted by Gasteiger charge is 2.22. The van der Waals surface area contributed by atoms with Gasteiger partial charge in [0.2, 0.25) is 0 Å². The van der Waals surface area contributed by atoms with Crippen molar-refractivity contribution >= 4 is 75.7 Å². The molecule has 46 heavy (non-hydrogen) atoms. The molecule has 0 aliphatic carbocycles. The zero-order valence-corrected chi connectivity index (χ0v) is 25.6. The van der Waals surface area contributed by atoms with Crippen LogP contribution in [0, 0.1) is 0 Å². The van der Waals surface area contributed by atoms with Crippen LogP contribution in [-0.4, -0.2) is 0 Å². The van der Waals surface area contributed by atoms with Gasteiger partial charge in [-0.3, -0.25) is 0 Å². The number of fused-ring (bicyclic) bond motifs is 8. The molecule has 0 radical (unpaired) electrons. The van der Waals surface area contributed by atoms with Crippen LogP contribution >= 0.6 is 11.3 Å². The van der Waals surface area contributed by atoms with Gasteiger partial charge in [0.05, 0.1) is 0 Å². The van der Waals surface area contributed by atoms with E-state index in [0.29, 0.717) is 0 Å². The second-order valence-electron chi connectivity index (χ2n) is 12.0. The van der Waals surface area contributed by atoms with E-state index in [0.717, 1.165) is 16.6 Å². The Kier molecular flexibility index (Phi) is 5.51. The van der Waals surface area contributed by atoms with Gasteiger partial charge < -0.3 is 4.42 Å². The average molecular weight is 603 g/mol. The zero-order chi connectivity index (χ0) is 30.2. The van der Waals surface area contributed by atoms with Crippen LogP contribution in [0.3, 0.4) is 0 Å². The summed E-state index contributed by atoms with van der Waals surface area (Å²) in [7, 11) is 0. The normalized spacial score (nSPS) is 11.9. The molecular weight excluding hydrogens is 577 g/mol. The number of benzene rings is 8. The Hall–Kier alpha value is -5.70. The van der Waals surface area contributed by atoms with Crippen LogP contribution in [0.1, 0.15) is 0 Å². The van der Waals surface area contributed by atoms with E-state index in [9.17, 15) is 0 Å². The highest BCUT2D eigenvalue weighted by atomic mass is 32.1. The van der Waals surface area contributed by atoms with Crippen LogP contribution in [-0.2, 0) is 0 Å². The lowest BCUT2D eigenvalue weighted by Gasteiger charge is -2.19. The fourth-order valence-corrected chi connectivity index (χ4v) is 8.57. The maximum atomic E-state index is 6.75. The Bertz CT molecular complexity index is 2740. The van der Waals surface area contributed by atoms with Crippen LogP contribution in [0.15, 0.2) is 162 Å². The molecule has 0 fully saturated rings. The molecule has 2 heteroatoms. The van der Waals surface area contributed by atoms with Gasteiger partial charge in [-0.1, -0.05) is 133 Å². The lowest BCUT2D eigenvalue weighted by Crippen LogP contribution is -1.92. The molecule has 8 aromatic carbocycles. The second kappa shape index (κ2) is 9.90. The Balaban J connectivity index is 1.31. The van der Waals surface area contributed by atoms with E-state index in [-0.39, 0.29) is 0 Å². The summed E-state index contributed by atoms with van der Waals surface area (Å²) in [5.74, 6) is 0. The number of hydrogen-bond acceptors (Lipinski definition) is 2. The first-order chi connectivity index (χ1) is 22.8. The molecular formula is C44H26OS. The molecule has 0 aliphatic rings. The molecule has 0 bridgehead atoms. The van der Waals surface area contributed by atoms with E-state index >= 15 is 0 Å². The highest BCUT2D eigenvalue weighted by molar-refractivity contribution is 7.22. The molecule has 0 N–H and O–H groups in total. The fourth-order valence-electron chi connectivity index (χ4n) is 7.50. The van der Waals surface area contributed by atoms with Gasteiger partial charge in [-0.25, -0.2) is 0 Å². The summed E-state index contributed by atoms with van der Waals surface area (Å²) in [4.78, 5) is 1.25. The van der Waals surface area contributed by atoms with Crippen LogP contribution in [0.4, 0.5) is 0 Å². The van der Waals surface area contributed by atoms with Crippen molar-refractivity contribution in [2.24, 2.45) is 0 Å². The topological polar surface area (TPSA) is 13.1 Å². The predicted octanol–water partition coefficient (Wildman–Crippen LogP) is 13.3. The van der Waals surface area contributed by atoms with Crippen LogP contribution in [0.25, 0.3) is 97.0 Å². The Morgan fingerprint density at radius 1 is 0.413 bits per heavy atom. The minimum Gasteiger partial charge on any atom is -0.455 e. The summed E-state index contributed by atoms with van der Waals surface area (Å²) in [6.45, 7) is 0. The smallest absolute Gasteiger partial charge is 0.144 e. The van der Waals surface area contributed by atoms with E-state index in [1.54, 1.807) is 0 Å². The first kappa shape index (κ1) is 25.6. The first-order valence-electron chi connectivity index (χ1n) is 15.7. The standard InChI is InChI=1S/C44H26OS/c1-2-13-28(14-3-1)40-26-37-39(46-40)25-24-36-43-35(22-11-23-38(43)45-44(36)37)42-33-19-8-6-17-31(33)41(32-18-7-9-20-34(32)42)30-21-10-15-27-12-4-5-16-29(27)30/h1-26H. The largest absolute Gasteiger partial charge is 0.455 e. The Labute approximate surface area is 269 Å². The monoisotopic (exact) mass is 602 g/mol. The van der Waals surface area contributed by atoms with Gasteiger partial charge in [-0.2, -0.15) is 0 Å².